The van der Waals surface area contributed by atoms with E-state index in [4.69, 9.17) is 9.47 Å². The van der Waals surface area contributed by atoms with E-state index in [9.17, 15) is 4.39 Å². The van der Waals surface area contributed by atoms with E-state index in [0.29, 0.717) is 10.4 Å². The quantitative estimate of drug-likeness (QED) is 0.885. The van der Waals surface area contributed by atoms with Crippen molar-refractivity contribution in [3.8, 4) is 17.8 Å². The number of halogens is 2. The van der Waals surface area contributed by atoms with Gasteiger partial charge in [-0.2, -0.15) is 9.97 Å². The third kappa shape index (κ3) is 4.25. The van der Waals surface area contributed by atoms with E-state index in [1.807, 2.05) is 13.8 Å². The van der Waals surface area contributed by atoms with Crippen LogP contribution in [0.15, 0.2) is 22.7 Å². The van der Waals surface area contributed by atoms with Gasteiger partial charge >= 0.3 is 12.0 Å². The van der Waals surface area contributed by atoms with Crippen molar-refractivity contribution in [2.45, 2.75) is 20.0 Å². The van der Waals surface area contributed by atoms with Gasteiger partial charge in [0.2, 0.25) is 5.95 Å². The van der Waals surface area contributed by atoms with Crippen molar-refractivity contribution in [1.29, 1.82) is 0 Å². The Morgan fingerprint density at radius 2 is 1.90 bits per heavy atom. The maximum absolute atomic E-state index is 13.5. The summed E-state index contributed by atoms with van der Waals surface area (Å²) >= 11 is 3.07. The Morgan fingerprint density at radius 3 is 2.52 bits per heavy atom. The highest BCUT2D eigenvalue weighted by Gasteiger charge is 2.11. The van der Waals surface area contributed by atoms with E-state index in [1.54, 1.807) is 13.1 Å². The molecule has 0 radical (unpaired) electrons. The van der Waals surface area contributed by atoms with Gasteiger partial charge in [-0.1, -0.05) is 0 Å². The zero-order valence-corrected chi connectivity index (χ0v) is 13.3. The summed E-state index contributed by atoms with van der Waals surface area (Å²) in [6, 6.07) is 4.52. The molecule has 2 rings (SSSR count). The van der Waals surface area contributed by atoms with Gasteiger partial charge in [-0.25, -0.2) is 4.39 Å². The van der Waals surface area contributed by atoms with Gasteiger partial charge in [-0.05, 0) is 41.9 Å². The smallest absolute Gasteiger partial charge is 0.330 e. The molecule has 0 bridgehead atoms. The number of hydrogen-bond acceptors (Lipinski definition) is 6. The number of hydrogen-bond donors (Lipinski definition) is 1. The molecule has 112 valence electrons. The summed E-state index contributed by atoms with van der Waals surface area (Å²) in [5.74, 6) is 0.140. The Morgan fingerprint density at radius 1 is 1.19 bits per heavy atom. The maximum atomic E-state index is 13.5. The van der Waals surface area contributed by atoms with Gasteiger partial charge in [0, 0.05) is 13.1 Å². The number of rotatable bonds is 5. The van der Waals surface area contributed by atoms with Crippen LogP contribution in [0.2, 0.25) is 0 Å². The third-order valence-corrected chi connectivity index (χ3v) is 2.90. The molecule has 2 aromatic rings. The van der Waals surface area contributed by atoms with Crippen LogP contribution in [0.4, 0.5) is 10.3 Å². The van der Waals surface area contributed by atoms with Gasteiger partial charge in [-0.15, -0.1) is 4.98 Å². The Balaban J connectivity index is 2.27. The fourth-order valence-electron chi connectivity index (χ4n) is 1.40. The molecule has 0 saturated heterocycles. The van der Waals surface area contributed by atoms with E-state index >= 15 is 0 Å². The number of ether oxygens (including phenoxy) is 2. The molecule has 1 heterocycles. The molecule has 0 atom stereocenters. The van der Waals surface area contributed by atoms with Crippen LogP contribution in [-0.4, -0.2) is 28.1 Å². The van der Waals surface area contributed by atoms with Crippen molar-refractivity contribution in [2.75, 3.05) is 12.4 Å². The lowest BCUT2D eigenvalue weighted by molar-refractivity contribution is 0.218. The molecule has 1 N–H and O–H groups in total. The van der Waals surface area contributed by atoms with Gasteiger partial charge in [0.25, 0.3) is 0 Å². The summed E-state index contributed by atoms with van der Waals surface area (Å²) in [7, 11) is 1.66. The highest BCUT2D eigenvalue weighted by molar-refractivity contribution is 9.10. The van der Waals surface area contributed by atoms with E-state index in [-0.39, 0.29) is 23.9 Å². The van der Waals surface area contributed by atoms with E-state index < -0.39 is 5.82 Å². The molecule has 21 heavy (non-hydrogen) atoms. The normalized spacial score (nSPS) is 10.6. The summed E-state index contributed by atoms with van der Waals surface area (Å²) < 4.78 is 24.7. The largest absolute Gasteiger partial charge is 0.461 e. The maximum Gasteiger partial charge on any atom is 0.330 e. The first-order valence-electron chi connectivity index (χ1n) is 6.21. The van der Waals surface area contributed by atoms with Crippen LogP contribution in [0, 0.1) is 5.82 Å². The lowest BCUT2D eigenvalue weighted by Crippen LogP contribution is -2.11. The zero-order chi connectivity index (χ0) is 15.4. The first-order valence-corrected chi connectivity index (χ1v) is 7.00. The second-order valence-electron chi connectivity index (χ2n) is 4.32. The summed E-state index contributed by atoms with van der Waals surface area (Å²) in [5, 5.41) is 2.78. The molecule has 1 aromatic heterocycles. The van der Waals surface area contributed by atoms with Crippen LogP contribution in [-0.2, 0) is 0 Å². The molecule has 0 amide bonds. The molecule has 0 unspecified atom stereocenters. The fraction of sp³-hybridized carbons (Fsp3) is 0.308. The molecule has 0 spiro atoms. The van der Waals surface area contributed by atoms with Crippen molar-refractivity contribution in [3.63, 3.8) is 0 Å². The summed E-state index contributed by atoms with van der Waals surface area (Å²) in [4.78, 5) is 12.1. The predicted molar refractivity (Wildman–Crippen MR) is 79.3 cm³/mol. The van der Waals surface area contributed by atoms with Crippen molar-refractivity contribution >= 4 is 21.9 Å². The fourth-order valence-corrected chi connectivity index (χ4v) is 1.65. The van der Waals surface area contributed by atoms with Crippen LogP contribution in [0.5, 0.6) is 17.8 Å². The minimum atomic E-state index is -0.436. The van der Waals surface area contributed by atoms with Gasteiger partial charge in [0.05, 0.1) is 10.6 Å². The minimum Gasteiger partial charge on any atom is -0.461 e. The average molecular weight is 357 g/mol. The molecule has 0 saturated carbocycles. The van der Waals surface area contributed by atoms with E-state index in [1.165, 1.54) is 12.1 Å². The Kier molecular flexibility index (Phi) is 4.89. The second kappa shape index (κ2) is 6.66. The molecule has 0 aliphatic heterocycles. The topological polar surface area (TPSA) is 69.2 Å². The number of nitrogens with zero attached hydrogens (tertiary/aromatic N) is 3. The molecule has 0 aliphatic rings. The predicted octanol–water partition coefficient (Wildman–Crippen LogP) is 3.39. The van der Waals surface area contributed by atoms with E-state index in [2.05, 4.69) is 36.2 Å². The van der Waals surface area contributed by atoms with Gasteiger partial charge in [0.1, 0.15) is 11.6 Å². The van der Waals surface area contributed by atoms with Crippen molar-refractivity contribution < 1.29 is 13.9 Å². The van der Waals surface area contributed by atoms with Gasteiger partial charge in [-0.3, -0.25) is 0 Å². The minimum absolute atomic E-state index is 0.0201. The summed E-state index contributed by atoms with van der Waals surface area (Å²) in [5.41, 5.74) is 0. The monoisotopic (exact) mass is 356 g/mol. The van der Waals surface area contributed by atoms with Gasteiger partial charge in [0.15, 0.2) is 0 Å². The molecule has 0 aliphatic carbocycles. The van der Waals surface area contributed by atoms with Crippen LogP contribution in [0.3, 0.4) is 0 Å². The standard InChI is InChI=1S/C13H14BrFN4O2/c1-7(2)20-12-17-11(16-3)18-13(19-12)21-8-4-5-9(14)10(15)6-8/h4-7H,1-3H3,(H,16,17,18,19). The number of benzene rings is 1. The second-order valence-corrected chi connectivity index (χ2v) is 5.17. The van der Waals surface area contributed by atoms with Crippen LogP contribution in [0.1, 0.15) is 13.8 Å². The first kappa shape index (κ1) is 15.4. The first-order chi connectivity index (χ1) is 9.97. The summed E-state index contributed by atoms with van der Waals surface area (Å²) in [6.45, 7) is 3.71. The average Bonchev–Trinajstić information content (AvgIpc) is 2.42. The number of nitrogens with one attached hydrogen (secondary N) is 1. The van der Waals surface area contributed by atoms with Crippen molar-refractivity contribution in [3.05, 3.63) is 28.5 Å². The molecule has 1 aromatic carbocycles. The third-order valence-electron chi connectivity index (χ3n) is 2.26. The Hall–Kier alpha value is -1.96. The summed E-state index contributed by atoms with van der Waals surface area (Å²) in [6.07, 6.45) is -0.0879. The molecule has 0 fully saturated rings. The van der Waals surface area contributed by atoms with Crippen molar-refractivity contribution in [1.82, 2.24) is 15.0 Å². The molecule has 8 heteroatoms. The lowest BCUT2D eigenvalue weighted by atomic mass is 10.3. The lowest BCUT2D eigenvalue weighted by Gasteiger charge is -2.10. The zero-order valence-electron chi connectivity index (χ0n) is 11.7. The molecular formula is C13H14BrFN4O2. The SMILES string of the molecule is CNc1nc(Oc2ccc(Br)c(F)c2)nc(OC(C)C)n1. The van der Waals surface area contributed by atoms with Crippen molar-refractivity contribution in [2.24, 2.45) is 0 Å². The Bertz CT molecular complexity index is 640. The van der Waals surface area contributed by atoms with Gasteiger partial charge < -0.3 is 14.8 Å². The number of aromatic nitrogens is 3. The highest BCUT2D eigenvalue weighted by Crippen LogP contribution is 2.25. The van der Waals surface area contributed by atoms with Crippen LogP contribution >= 0.6 is 15.9 Å². The Labute approximate surface area is 129 Å². The van der Waals surface area contributed by atoms with E-state index in [0.717, 1.165) is 0 Å². The molecule has 6 nitrogen and oxygen atoms in total. The molecular weight excluding hydrogens is 343 g/mol. The highest BCUT2D eigenvalue weighted by atomic mass is 79.9. The van der Waals surface area contributed by atoms with Crippen LogP contribution in [0.25, 0.3) is 0 Å². The van der Waals surface area contributed by atoms with Crippen LogP contribution < -0.4 is 14.8 Å². The number of anilines is 1.